The number of hydrogen-bond acceptors (Lipinski definition) is 9. The summed E-state index contributed by atoms with van der Waals surface area (Å²) in [6, 6.07) is 0. The van der Waals surface area contributed by atoms with Gasteiger partial charge in [0.15, 0.2) is 0 Å². The summed E-state index contributed by atoms with van der Waals surface area (Å²) in [5.41, 5.74) is 5.59. The first kappa shape index (κ1) is 29.2. The molecule has 0 amide bonds. The van der Waals surface area contributed by atoms with Crippen LogP contribution in [-0.4, -0.2) is 135 Å². The van der Waals surface area contributed by atoms with Crippen LogP contribution in [0.15, 0.2) is 0 Å². The second-order valence-electron chi connectivity index (χ2n) is 7.77. The number of hydrogen-bond donors (Lipinski definition) is 3. The maximum absolute atomic E-state index is 5.59. The Balaban J connectivity index is 1.69. The molecule has 0 radical (unpaired) electrons. The second kappa shape index (κ2) is 23.4. The Labute approximate surface area is 195 Å². The molecule has 1 rings (SSSR count). The minimum Gasteiger partial charge on any atom is -0.378 e. The Hall–Kier alpha value is -0.800. The third-order valence-electron chi connectivity index (χ3n) is 5.17. The first-order valence-electron chi connectivity index (χ1n) is 12.2. The predicted molar refractivity (Wildman–Crippen MR) is 129 cm³/mol. The van der Waals surface area contributed by atoms with Crippen molar-refractivity contribution in [1.82, 2.24) is 20.4 Å². The topological polar surface area (TPSA) is 93.5 Å². The molecule has 32 heavy (non-hydrogen) atoms. The summed E-state index contributed by atoms with van der Waals surface area (Å²) in [7, 11) is 0. The molecule has 0 saturated carbocycles. The molecule has 0 bridgehead atoms. The van der Waals surface area contributed by atoms with Crippen molar-refractivity contribution in [2.45, 2.75) is 12.8 Å². The molecule has 1 aliphatic heterocycles. The number of nitrogens with two attached hydrogens (primary N) is 1. The molecule has 4 N–H and O–H groups in total. The third-order valence-corrected chi connectivity index (χ3v) is 5.17. The molecule has 9 nitrogen and oxygen atoms in total. The Morgan fingerprint density at radius 2 is 1.16 bits per heavy atom. The van der Waals surface area contributed by atoms with Crippen molar-refractivity contribution in [1.29, 1.82) is 0 Å². The molecular formula is C23H47N5O4. The Morgan fingerprint density at radius 3 is 1.72 bits per heavy atom. The van der Waals surface area contributed by atoms with Crippen LogP contribution in [-0.2, 0) is 18.9 Å². The van der Waals surface area contributed by atoms with Crippen LogP contribution in [0, 0.1) is 12.3 Å². The highest BCUT2D eigenvalue weighted by Crippen LogP contribution is 2.02. The van der Waals surface area contributed by atoms with Crippen LogP contribution in [0.5, 0.6) is 0 Å². The molecule has 0 aromatic heterocycles. The van der Waals surface area contributed by atoms with Gasteiger partial charge in [0.25, 0.3) is 0 Å². The zero-order valence-electron chi connectivity index (χ0n) is 20.0. The molecule has 0 unspecified atom stereocenters. The summed E-state index contributed by atoms with van der Waals surface area (Å²) in [5.74, 6) is 2.41. The van der Waals surface area contributed by atoms with Gasteiger partial charge in [-0.25, -0.2) is 0 Å². The normalized spacial score (nSPS) is 15.2. The predicted octanol–water partition coefficient (Wildman–Crippen LogP) is -0.778. The van der Waals surface area contributed by atoms with Gasteiger partial charge in [0, 0.05) is 45.8 Å². The molecule has 9 heteroatoms. The highest BCUT2D eigenvalue weighted by Gasteiger charge is 2.15. The van der Waals surface area contributed by atoms with E-state index in [1.54, 1.807) is 0 Å². The van der Waals surface area contributed by atoms with Crippen LogP contribution >= 0.6 is 0 Å². The molecule has 0 aliphatic carbocycles. The van der Waals surface area contributed by atoms with Crippen LogP contribution < -0.4 is 16.4 Å². The SMILES string of the molecule is C#CCOCCOCCOCCOCCNCCNCCCN1CCN(CCCN)CC1. The molecule has 1 heterocycles. The molecule has 1 aliphatic rings. The number of terminal acetylenes is 1. The van der Waals surface area contributed by atoms with Gasteiger partial charge < -0.3 is 45.1 Å². The van der Waals surface area contributed by atoms with Crippen molar-refractivity contribution >= 4 is 0 Å². The van der Waals surface area contributed by atoms with Crippen LogP contribution in [0.25, 0.3) is 0 Å². The van der Waals surface area contributed by atoms with Crippen LogP contribution in [0.1, 0.15) is 12.8 Å². The largest absolute Gasteiger partial charge is 0.378 e. The zero-order chi connectivity index (χ0) is 23.0. The molecular weight excluding hydrogens is 410 g/mol. The maximum atomic E-state index is 5.59. The highest BCUT2D eigenvalue weighted by molar-refractivity contribution is 4.82. The monoisotopic (exact) mass is 457 g/mol. The van der Waals surface area contributed by atoms with E-state index in [1.807, 2.05) is 0 Å². The van der Waals surface area contributed by atoms with E-state index < -0.39 is 0 Å². The first-order chi connectivity index (χ1) is 15.9. The minimum atomic E-state index is 0.331. The van der Waals surface area contributed by atoms with E-state index in [4.69, 9.17) is 31.1 Å². The standard InChI is InChI=1S/C23H47N5O4/c1-2-16-29-18-20-31-22-23-32-21-19-30-17-9-26-8-7-25-6-4-11-28-14-12-27(13-15-28)10-3-5-24/h1,25-26H,3-24H2. The number of nitrogens with one attached hydrogen (secondary N) is 2. The maximum Gasteiger partial charge on any atom is 0.107 e. The van der Waals surface area contributed by atoms with Gasteiger partial charge in [-0.05, 0) is 39.0 Å². The molecule has 0 atom stereocenters. The molecule has 1 saturated heterocycles. The quantitative estimate of drug-likeness (QED) is 0.135. The van der Waals surface area contributed by atoms with Gasteiger partial charge in [0.2, 0.25) is 0 Å². The van der Waals surface area contributed by atoms with E-state index in [0.29, 0.717) is 52.9 Å². The Kier molecular flexibility index (Phi) is 21.3. The van der Waals surface area contributed by atoms with Crippen molar-refractivity contribution in [3.63, 3.8) is 0 Å². The van der Waals surface area contributed by atoms with Crippen molar-refractivity contribution < 1.29 is 18.9 Å². The summed E-state index contributed by atoms with van der Waals surface area (Å²) in [6.45, 7) is 16.2. The molecule has 0 aromatic carbocycles. The number of nitrogens with zero attached hydrogens (tertiary/aromatic N) is 2. The van der Waals surface area contributed by atoms with Gasteiger partial charge in [0.05, 0.1) is 46.2 Å². The van der Waals surface area contributed by atoms with Gasteiger partial charge >= 0.3 is 0 Å². The molecule has 188 valence electrons. The van der Waals surface area contributed by atoms with Crippen molar-refractivity contribution in [3.05, 3.63) is 0 Å². The van der Waals surface area contributed by atoms with Crippen LogP contribution in [0.2, 0.25) is 0 Å². The Morgan fingerprint density at radius 1 is 0.656 bits per heavy atom. The lowest BCUT2D eigenvalue weighted by Crippen LogP contribution is -2.47. The smallest absolute Gasteiger partial charge is 0.107 e. The van der Waals surface area contributed by atoms with Crippen molar-refractivity contribution in [2.24, 2.45) is 5.73 Å². The summed E-state index contributed by atoms with van der Waals surface area (Å²) >= 11 is 0. The van der Waals surface area contributed by atoms with Crippen LogP contribution in [0.3, 0.4) is 0 Å². The third kappa shape index (κ3) is 18.7. The Bertz CT molecular complexity index is 431. The fourth-order valence-corrected chi connectivity index (χ4v) is 3.34. The molecule has 0 aromatic rings. The average Bonchev–Trinajstić information content (AvgIpc) is 2.82. The van der Waals surface area contributed by atoms with Crippen molar-refractivity contribution in [3.8, 4) is 12.3 Å². The zero-order valence-corrected chi connectivity index (χ0v) is 20.0. The van der Waals surface area contributed by atoms with Crippen LogP contribution in [0.4, 0.5) is 0 Å². The van der Waals surface area contributed by atoms with Gasteiger partial charge in [-0.1, -0.05) is 5.92 Å². The average molecular weight is 458 g/mol. The summed E-state index contributed by atoms with van der Waals surface area (Å²) in [4.78, 5) is 5.10. The van der Waals surface area contributed by atoms with Gasteiger partial charge in [-0.3, -0.25) is 0 Å². The van der Waals surface area contributed by atoms with Gasteiger partial charge in [0.1, 0.15) is 6.61 Å². The lowest BCUT2D eigenvalue weighted by Gasteiger charge is -2.34. The van der Waals surface area contributed by atoms with E-state index >= 15 is 0 Å². The van der Waals surface area contributed by atoms with E-state index in [1.165, 1.54) is 39.1 Å². The first-order valence-corrected chi connectivity index (χ1v) is 12.2. The van der Waals surface area contributed by atoms with E-state index in [0.717, 1.165) is 45.7 Å². The van der Waals surface area contributed by atoms with E-state index in [9.17, 15) is 0 Å². The second-order valence-corrected chi connectivity index (χ2v) is 7.77. The lowest BCUT2D eigenvalue weighted by molar-refractivity contribution is 0.00173. The number of ether oxygens (including phenoxy) is 4. The fourth-order valence-electron chi connectivity index (χ4n) is 3.34. The summed E-state index contributed by atoms with van der Waals surface area (Å²) < 4.78 is 21.4. The van der Waals surface area contributed by atoms with E-state index in [-0.39, 0.29) is 0 Å². The summed E-state index contributed by atoms with van der Waals surface area (Å²) in [5, 5.41) is 6.90. The lowest BCUT2D eigenvalue weighted by atomic mass is 10.2. The van der Waals surface area contributed by atoms with E-state index in [2.05, 4.69) is 26.4 Å². The minimum absolute atomic E-state index is 0.331. The van der Waals surface area contributed by atoms with Gasteiger partial charge in [-0.15, -0.1) is 6.42 Å². The highest BCUT2D eigenvalue weighted by atomic mass is 16.6. The summed E-state index contributed by atoms with van der Waals surface area (Å²) in [6.07, 6.45) is 7.40. The van der Waals surface area contributed by atoms with Gasteiger partial charge in [-0.2, -0.15) is 0 Å². The number of rotatable bonds is 23. The number of piperazine rings is 1. The van der Waals surface area contributed by atoms with Crippen molar-refractivity contribution in [2.75, 3.05) is 125 Å². The molecule has 1 fully saturated rings. The molecule has 0 spiro atoms. The fraction of sp³-hybridized carbons (Fsp3) is 0.913.